The number of carbonyl (C=O) groups is 2. The summed E-state index contributed by atoms with van der Waals surface area (Å²) in [5.74, 6) is 0.0990. The van der Waals surface area contributed by atoms with E-state index in [1.54, 1.807) is 17.0 Å². The van der Waals surface area contributed by atoms with Gasteiger partial charge in [-0.05, 0) is 31.0 Å². The minimum Gasteiger partial charge on any atom is -0.488 e. The first-order chi connectivity index (χ1) is 13.1. The van der Waals surface area contributed by atoms with Crippen molar-refractivity contribution in [1.82, 2.24) is 4.90 Å². The van der Waals surface area contributed by atoms with E-state index in [0.29, 0.717) is 42.3 Å². The molecule has 0 aromatic heterocycles. The van der Waals surface area contributed by atoms with Gasteiger partial charge in [0.1, 0.15) is 12.4 Å². The van der Waals surface area contributed by atoms with E-state index in [9.17, 15) is 9.59 Å². The summed E-state index contributed by atoms with van der Waals surface area (Å²) >= 11 is 6.17. The molecule has 0 unspecified atom stereocenters. The summed E-state index contributed by atoms with van der Waals surface area (Å²) in [6.45, 7) is 1.34. The molecule has 0 saturated carbocycles. The fourth-order valence-electron chi connectivity index (χ4n) is 3.20. The number of amides is 1. The lowest BCUT2D eigenvalue weighted by molar-refractivity contribution is -0.146. The van der Waals surface area contributed by atoms with E-state index in [2.05, 4.69) is 0 Å². The maximum Gasteiger partial charge on any atom is 0.308 e. The van der Waals surface area contributed by atoms with E-state index >= 15 is 0 Å². The topological polar surface area (TPSA) is 55.8 Å². The molecule has 0 bridgehead atoms. The van der Waals surface area contributed by atoms with Crippen LogP contribution in [0.2, 0.25) is 5.02 Å². The molecule has 2 aromatic carbocycles. The van der Waals surface area contributed by atoms with E-state index in [4.69, 9.17) is 21.1 Å². The molecule has 0 radical (unpaired) electrons. The molecule has 27 heavy (non-hydrogen) atoms. The Kier molecular flexibility index (Phi) is 6.35. The van der Waals surface area contributed by atoms with Crippen molar-refractivity contribution in [3.05, 3.63) is 64.7 Å². The van der Waals surface area contributed by atoms with Crippen LogP contribution in [-0.2, 0) is 16.1 Å². The van der Waals surface area contributed by atoms with E-state index in [-0.39, 0.29) is 24.4 Å². The molecule has 1 saturated heterocycles. The van der Waals surface area contributed by atoms with Gasteiger partial charge in [-0.2, -0.15) is 0 Å². The Hall–Kier alpha value is -2.53. The molecule has 1 heterocycles. The average Bonchev–Trinajstić information content (AvgIpc) is 2.72. The number of carbonyl (C=O) groups excluding carboxylic acids is 2. The molecule has 0 N–H and O–H groups in total. The van der Waals surface area contributed by atoms with E-state index < -0.39 is 0 Å². The summed E-state index contributed by atoms with van der Waals surface area (Å²) in [7, 11) is 1.40. The van der Waals surface area contributed by atoms with Crippen LogP contribution in [0.4, 0.5) is 0 Å². The van der Waals surface area contributed by atoms with Gasteiger partial charge in [-0.3, -0.25) is 9.59 Å². The van der Waals surface area contributed by atoms with Gasteiger partial charge >= 0.3 is 5.97 Å². The molecule has 3 rings (SSSR count). The number of halogens is 1. The Bertz CT molecular complexity index is 815. The minimum absolute atomic E-state index is 0.0897. The van der Waals surface area contributed by atoms with Crippen LogP contribution in [0.3, 0.4) is 0 Å². The summed E-state index contributed by atoms with van der Waals surface area (Å²) < 4.78 is 10.7. The number of para-hydroxylation sites is 1. The minimum atomic E-state index is -0.203. The van der Waals surface area contributed by atoms with Crippen LogP contribution >= 0.6 is 11.6 Å². The molecule has 0 aliphatic carbocycles. The monoisotopic (exact) mass is 387 g/mol. The van der Waals surface area contributed by atoms with Crippen molar-refractivity contribution >= 4 is 23.5 Å². The van der Waals surface area contributed by atoms with E-state index in [1.807, 2.05) is 36.4 Å². The van der Waals surface area contributed by atoms with E-state index in [0.717, 1.165) is 5.56 Å². The number of piperidine rings is 1. The molecule has 0 atom stereocenters. The molecule has 2 aromatic rings. The lowest BCUT2D eigenvalue weighted by atomic mass is 9.96. The van der Waals surface area contributed by atoms with Crippen LogP contribution in [0.15, 0.2) is 48.5 Å². The highest BCUT2D eigenvalue weighted by Gasteiger charge is 2.29. The second-order valence-electron chi connectivity index (χ2n) is 6.47. The fourth-order valence-corrected chi connectivity index (χ4v) is 3.39. The van der Waals surface area contributed by atoms with Crippen molar-refractivity contribution < 1.29 is 19.1 Å². The Morgan fingerprint density at radius 3 is 2.44 bits per heavy atom. The summed E-state index contributed by atoms with van der Waals surface area (Å²) in [4.78, 5) is 26.4. The Morgan fingerprint density at radius 2 is 1.74 bits per heavy atom. The SMILES string of the molecule is COC(=O)C1CCN(C(=O)c2ccccc2OCc2ccccc2Cl)CC1. The van der Waals surface area contributed by atoms with E-state index in [1.165, 1.54) is 7.11 Å². The number of ether oxygens (including phenoxy) is 2. The zero-order valence-corrected chi connectivity index (χ0v) is 15.9. The molecule has 1 amide bonds. The van der Waals surface area contributed by atoms with Gasteiger partial charge in [0.2, 0.25) is 0 Å². The van der Waals surface area contributed by atoms with Crippen LogP contribution in [0.5, 0.6) is 5.75 Å². The number of hydrogen-bond donors (Lipinski definition) is 0. The number of benzene rings is 2. The van der Waals surface area contributed by atoms with Gasteiger partial charge in [0.15, 0.2) is 0 Å². The van der Waals surface area contributed by atoms with Crippen molar-refractivity contribution in [2.45, 2.75) is 19.4 Å². The molecule has 142 valence electrons. The van der Waals surface area contributed by atoms with Gasteiger partial charge in [0.05, 0.1) is 18.6 Å². The van der Waals surface area contributed by atoms with Gasteiger partial charge < -0.3 is 14.4 Å². The quantitative estimate of drug-likeness (QED) is 0.729. The number of nitrogens with zero attached hydrogens (tertiary/aromatic N) is 1. The van der Waals surface area contributed by atoms with Crippen LogP contribution in [0.25, 0.3) is 0 Å². The smallest absolute Gasteiger partial charge is 0.308 e. The summed E-state index contributed by atoms with van der Waals surface area (Å²) in [6.07, 6.45) is 1.22. The highest BCUT2D eigenvalue weighted by Crippen LogP contribution is 2.26. The Balaban J connectivity index is 1.67. The van der Waals surface area contributed by atoms with Crippen LogP contribution in [0, 0.1) is 5.92 Å². The Labute approximate surface area is 163 Å². The van der Waals surface area contributed by atoms with Gasteiger partial charge in [-0.15, -0.1) is 0 Å². The molecule has 1 aliphatic rings. The third kappa shape index (κ3) is 4.61. The molecular weight excluding hydrogens is 366 g/mol. The standard InChI is InChI=1S/C21H22ClNO4/c1-26-21(25)15-10-12-23(13-11-15)20(24)17-7-3-5-9-19(17)27-14-16-6-2-4-8-18(16)22/h2-9,15H,10-14H2,1H3. The zero-order chi connectivity index (χ0) is 19.2. The predicted molar refractivity (Wildman–Crippen MR) is 103 cm³/mol. The molecule has 5 nitrogen and oxygen atoms in total. The third-order valence-electron chi connectivity index (χ3n) is 4.78. The zero-order valence-electron chi connectivity index (χ0n) is 15.2. The lowest BCUT2D eigenvalue weighted by Gasteiger charge is -2.31. The highest BCUT2D eigenvalue weighted by molar-refractivity contribution is 6.31. The average molecular weight is 388 g/mol. The molecule has 1 fully saturated rings. The first-order valence-electron chi connectivity index (χ1n) is 8.92. The second-order valence-corrected chi connectivity index (χ2v) is 6.87. The van der Waals surface area contributed by atoms with Crippen molar-refractivity contribution in [3.8, 4) is 5.75 Å². The largest absolute Gasteiger partial charge is 0.488 e. The maximum absolute atomic E-state index is 12.9. The summed E-state index contributed by atoms with van der Waals surface area (Å²) in [5, 5.41) is 0.631. The highest BCUT2D eigenvalue weighted by atomic mass is 35.5. The number of rotatable bonds is 5. The van der Waals surface area contributed by atoms with Crippen molar-refractivity contribution in [1.29, 1.82) is 0 Å². The normalized spacial score (nSPS) is 14.7. The van der Waals surface area contributed by atoms with Crippen LogP contribution < -0.4 is 4.74 Å². The number of esters is 1. The van der Waals surface area contributed by atoms with Gasteiger partial charge in [-0.25, -0.2) is 0 Å². The second kappa shape index (κ2) is 8.91. The number of methoxy groups -OCH3 is 1. The van der Waals surface area contributed by atoms with Gasteiger partial charge in [0.25, 0.3) is 5.91 Å². The first kappa shape index (κ1) is 19.2. The molecular formula is C21H22ClNO4. The summed E-state index contributed by atoms with van der Waals surface area (Å²) in [6, 6.07) is 14.7. The van der Waals surface area contributed by atoms with Crippen molar-refractivity contribution in [2.75, 3.05) is 20.2 Å². The predicted octanol–water partition coefficient (Wildman–Crippen LogP) is 3.94. The first-order valence-corrected chi connectivity index (χ1v) is 9.30. The van der Waals surface area contributed by atoms with Crippen molar-refractivity contribution in [2.24, 2.45) is 5.92 Å². The summed E-state index contributed by atoms with van der Waals surface area (Å²) in [5.41, 5.74) is 1.38. The number of likely N-dealkylation sites (tertiary alicyclic amines) is 1. The maximum atomic E-state index is 12.9. The molecule has 6 heteroatoms. The molecule has 0 spiro atoms. The number of hydrogen-bond acceptors (Lipinski definition) is 4. The van der Waals surface area contributed by atoms with Crippen LogP contribution in [-0.4, -0.2) is 37.0 Å². The van der Waals surface area contributed by atoms with Gasteiger partial charge in [0, 0.05) is 23.7 Å². The van der Waals surface area contributed by atoms with Crippen LogP contribution in [0.1, 0.15) is 28.8 Å². The lowest BCUT2D eigenvalue weighted by Crippen LogP contribution is -2.40. The Morgan fingerprint density at radius 1 is 1.07 bits per heavy atom. The van der Waals surface area contributed by atoms with Gasteiger partial charge in [-0.1, -0.05) is 41.9 Å². The molecule has 1 aliphatic heterocycles. The third-order valence-corrected chi connectivity index (χ3v) is 5.14. The fraction of sp³-hybridized carbons (Fsp3) is 0.333. The van der Waals surface area contributed by atoms with Crippen molar-refractivity contribution in [3.63, 3.8) is 0 Å².